The summed E-state index contributed by atoms with van der Waals surface area (Å²) in [5.41, 5.74) is 2.07. The molecule has 0 aromatic carbocycles. The lowest BCUT2D eigenvalue weighted by Crippen LogP contribution is -2.25. The molecule has 0 saturated heterocycles. The van der Waals surface area contributed by atoms with Crippen LogP contribution in [0, 0.1) is 0 Å². The van der Waals surface area contributed by atoms with Crippen molar-refractivity contribution in [3.8, 4) is 0 Å². The Morgan fingerprint density at radius 2 is 2.33 bits per heavy atom. The summed E-state index contributed by atoms with van der Waals surface area (Å²) in [5, 5.41) is 2.94. The maximum absolute atomic E-state index is 11.9. The molecule has 0 fully saturated rings. The quantitative estimate of drug-likeness (QED) is 0.683. The first-order valence-electron chi connectivity index (χ1n) is 6.34. The van der Waals surface area contributed by atoms with Gasteiger partial charge in [0, 0.05) is 12.7 Å². The summed E-state index contributed by atoms with van der Waals surface area (Å²) in [6.45, 7) is 0.700. The fraction of sp³-hybridized carbons (Fsp3) is 0.429. The average molecular weight is 309 g/mol. The monoisotopic (exact) mass is 308 g/mol. The maximum Gasteiger partial charge on any atom is 0.254 e. The van der Waals surface area contributed by atoms with Gasteiger partial charge in [-0.15, -0.1) is 0 Å². The molecule has 1 aromatic heterocycles. The van der Waals surface area contributed by atoms with E-state index in [0.717, 1.165) is 6.42 Å². The van der Waals surface area contributed by atoms with Crippen molar-refractivity contribution in [2.75, 3.05) is 6.54 Å². The van der Waals surface area contributed by atoms with Crippen LogP contribution in [-0.2, 0) is 0 Å². The number of hydrogen-bond acceptors (Lipinski definition) is 2. The van der Waals surface area contributed by atoms with E-state index in [4.69, 9.17) is 0 Å². The predicted octanol–water partition coefficient (Wildman–Crippen LogP) is 3.46. The molecule has 0 atom stereocenters. The molecule has 0 bridgehead atoms. The van der Waals surface area contributed by atoms with Crippen LogP contribution in [-0.4, -0.2) is 17.4 Å². The number of carbonyl (C=O) groups is 1. The zero-order valence-electron chi connectivity index (χ0n) is 10.3. The summed E-state index contributed by atoms with van der Waals surface area (Å²) in [7, 11) is 0. The minimum atomic E-state index is -0.0635. The second kappa shape index (κ2) is 6.69. The first-order chi connectivity index (χ1) is 8.77. The number of pyridine rings is 1. The fourth-order valence-electron chi connectivity index (χ4n) is 2.12. The van der Waals surface area contributed by atoms with E-state index in [-0.39, 0.29) is 5.91 Å². The molecule has 0 unspecified atom stereocenters. The third-order valence-electron chi connectivity index (χ3n) is 3.12. The third kappa shape index (κ3) is 3.67. The first-order valence-corrected chi connectivity index (χ1v) is 7.13. The molecule has 4 heteroatoms. The Morgan fingerprint density at radius 1 is 1.44 bits per heavy atom. The van der Waals surface area contributed by atoms with Gasteiger partial charge in [-0.3, -0.25) is 4.79 Å². The fourth-order valence-corrected chi connectivity index (χ4v) is 2.55. The predicted molar refractivity (Wildman–Crippen MR) is 75.4 cm³/mol. The molecule has 1 aliphatic carbocycles. The van der Waals surface area contributed by atoms with Gasteiger partial charge in [0.2, 0.25) is 0 Å². The van der Waals surface area contributed by atoms with Gasteiger partial charge in [-0.25, -0.2) is 4.98 Å². The van der Waals surface area contributed by atoms with Crippen LogP contribution >= 0.6 is 15.9 Å². The molecule has 0 radical (unpaired) electrons. The molecule has 3 nitrogen and oxygen atoms in total. The van der Waals surface area contributed by atoms with E-state index in [2.05, 4.69) is 32.3 Å². The lowest BCUT2D eigenvalue weighted by Gasteiger charge is -2.13. The summed E-state index contributed by atoms with van der Waals surface area (Å²) in [5.74, 6) is -0.0635. The van der Waals surface area contributed by atoms with E-state index in [1.807, 2.05) is 0 Å². The van der Waals surface area contributed by atoms with Crippen LogP contribution in [0.4, 0.5) is 0 Å². The molecule has 0 spiro atoms. The van der Waals surface area contributed by atoms with E-state index in [1.54, 1.807) is 18.3 Å². The van der Waals surface area contributed by atoms with Gasteiger partial charge in [-0.1, -0.05) is 11.6 Å². The molecule has 1 aromatic rings. The largest absolute Gasteiger partial charge is 0.352 e. The Kier molecular flexibility index (Phi) is 4.93. The van der Waals surface area contributed by atoms with Crippen LogP contribution in [0.25, 0.3) is 0 Å². The van der Waals surface area contributed by atoms with Gasteiger partial charge < -0.3 is 5.32 Å². The van der Waals surface area contributed by atoms with E-state index < -0.39 is 0 Å². The van der Waals surface area contributed by atoms with Gasteiger partial charge in [0.05, 0.1) is 5.56 Å². The van der Waals surface area contributed by atoms with Gasteiger partial charge >= 0.3 is 0 Å². The molecular weight excluding hydrogens is 292 g/mol. The van der Waals surface area contributed by atoms with Gasteiger partial charge in [-0.05, 0) is 60.2 Å². The average Bonchev–Trinajstić information content (AvgIpc) is 2.40. The van der Waals surface area contributed by atoms with Crippen LogP contribution in [0.3, 0.4) is 0 Å². The van der Waals surface area contributed by atoms with Gasteiger partial charge in [0.25, 0.3) is 5.91 Å². The minimum Gasteiger partial charge on any atom is -0.352 e. The number of aromatic nitrogens is 1. The Bertz CT molecular complexity index is 457. The van der Waals surface area contributed by atoms with E-state index in [9.17, 15) is 4.79 Å². The summed E-state index contributed by atoms with van der Waals surface area (Å²) in [6, 6.07) is 3.54. The number of rotatable bonds is 4. The van der Waals surface area contributed by atoms with Crippen LogP contribution in [0.5, 0.6) is 0 Å². The van der Waals surface area contributed by atoms with Crippen LogP contribution in [0.2, 0.25) is 0 Å². The number of allylic oxidation sites excluding steroid dienone is 1. The molecule has 0 saturated carbocycles. The topological polar surface area (TPSA) is 42.0 Å². The van der Waals surface area contributed by atoms with Crippen molar-refractivity contribution in [2.24, 2.45) is 0 Å². The third-order valence-corrected chi connectivity index (χ3v) is 3.75. The second-order valence-corrected chi connectivity index (χ2v) is 5.21. The number of halogens is 1. The number of amides is 1. The number of nitrogens with zero attached hydrogens (tertiary/aromatic N) is 1. The molecule has 1 heterocycles. The van der Waals surface area contributed by atoms with Crippen molar-refractivity contribution in [2.45, 2.75) is 32.1 Å². The Labute approximate surface area is 116 Å². The summed E-state index contributed by atoms with van der Waals surface area (Å²) in [6.07, 6.45) is 9.91. The van der Waals surface area contributed by atoms with Gasteiger partial charge in [0.15, 0.2) is 0 Å². The van der Waals surface area contributed by atoms with E-state index in [0.29, 0.717) is 16.7 Å². The van der Waals surface area contributed by atoms with E-state index in [1.165, 1.54) is 31.3 Å². The molecule has 1 aliphatic rings. The Balaban J connectivity index is 1.82. The van der Waals surface area contributed by atoms with Crippen LogP contribution in [0.1, 0.15) is 42.5 Å². The number of nitrogens with one attached hydrogen (secondary N) is 1. The zero-order valence-corrected chi connectivity index (χ0v) is 11.9. The van der Waals surface area contributed by atoms with Crippen LogP contribution < -0.4 is 5.32 Å². The molecule has 96 valence electrons. The number of hydrogen-bond donors (Lipinski definition) is 1. The molecular formula is C14H17BrN2O. The lowest BCUT2D eigenvalue weighted by molar-refractivity contribution is 0.0953. The molecule has 1 N–H and O–H groups in total. The molecule has 18 heavy (non-hydrogen) atoms. The van der Waals surface area contributed by atoms with Crippen molar-refractivity contribution in [1.29, 1.82) is 0 Å². The Hall–Kier alpha value is -1.16. The highest BCUT2D eigenvalue weighted by molar-refractivity contribution is 9.10. The molecule has 0 aliphatic heterocycles. The Morgan fingerprint density at radius 3 is 3.06 bits per heavy atom. The summed E-state index contributed by atoms with van der Waals surface area (Å²) >= 11 is 3.28. The minimum absolute atomic E-state index is 0.0635. The number of carbonyl (C=O) groups excluding carboxylic acids is 1. The zero-order chi connectivity index (χ0) is 12.8. The first kappa shape index (κ1) is 13.3. The highest BCUT2D eigenvalue weighted by atomic mass is 79.9. The van der Waals surface area contributed by atoms with Crippen LogP contribution in [0.15, 0.2) is 34.6 Å². The molecule has 2 rings (SSSR count). The van der Waals surface area contributed by atoms with Crippen molar-refractivity contribution in [3.63, 3.8) is 0 Å². The van der Waals surface area contributed by atoms with Crippen molar-refractivity contribution in [3.05, 3.63) is 40.1 Å². The van der Waals surface area contributed by atoms with Crippen molar-refractivity contribution in [1.82, 2.24) is 10.3 Å². The SMILES string of the molecule is O=C(NCCC1=CCCCC1)c1cccnc1Br. The summed E-state index contributed by atoms with van der Waals surface area (Å²) in [4.78, 5) is 15.9. The second-order valence-electron chi connectivity index (χ2n) is 4.46. The highest BCUT2D eigenvalue weighted by Crippen LogP contribution is 2.19. The van der Waals surface area contributed by atoms with Gasteiger partial charge in [-0.2, -0.15) is 0 Å². The van der Waals surface area contributed by atoms with Crippen molar-refractivity contribution < 1.29 is 4.79 Å². The van der Waals surface area contributed by atoms with E-state index >= 15 is 0 Å². The summed E-state index contributed by atoms with van der Waals surface area (Å²) < 4.78 is 0.597. The lowest BCUT2D eigenvalue weighted by atomic mass is 9.97. The normalized spacial score (nSPS) is 15.1. The highest BCUT2D eigenvalue weighted by Gasteiger charge is 2.10. The smallest absolute Gasteiger partial charge is 0.254 e. The van der Waals surface area contributed by atoms with Gasteiger partial charge in [0.1, 0.15) is 4.60 Å². The van der Waals surface area contributed by atoms with Crippen molar-refractivity contribution >= 4 is 21.8 Å². The standard InChI is InChI=1S/C14H17BrN2O/c15-13-12(7-4-9-16-13)14(18)17-10-8-11-5-2-1-3-6-11/h4-5,7,9H,1-3,6,8,10H2,(H,17,18). The molecule has 1 amide bonds. The maximum atomic E-state index is 11.9.